The molecule has 0 fully saturated rings. The van der Waals surface area contributed by atoms with Crippen molar-refractivity contribution >= 4 is 23.7 Å². The van der Waals surface area contributed by atoms with Gasteiger partial charge in [0.25, 0.3) is 5.69 Å². The number of nitro groups is 1. The SMILES string of the molecule is CCOC(=O)/C(C#N)=C/c1cccc(OC(=O)c2cccc([N+](=O)[O-])c2C)c1. The van der Waals surface area contributed by atoms with E-state index in [0.29, 0.717) is 5.56 Å². The lowest BCUT2D eigenvalue weighted by Crippen LogP contribution is -2.11. The number of nitro benzene ring substituents is 1. The molecule has 0 unspecified atom stereocenters. The molecule has 2 aromatic carbocycles. The minimum atomic E-state index is -0.756. The molecule has 0 saturated heterocycles. The molecule has 142 valence electrons. The van der Waals surface area contributed by atoms with Crippen molar-refractivity contribution in [1.82, 2.24) is 0 Å². The van der Waals surface area contributed by atoms with Crippen LogP contribution in [0, 0.1) is 28.4 Å². The van der Waals surface area contributed by atoms with Gasteiger partial charge in [0.15, 0.2) is 0 Å². The lowest BCUT2D eigenvalue weighted by atomic mass is 10.1. The van der Waals surface area contributed by atoms with Crippen LogP contribution in [0.1, 0.15) is 28.4 Å². The maximum Gasteiger partial charge on any atom is 0.348 e. The second-order valence-corrected chi connectivity index (χ2v) is 5.56. The van der Waals surface area contributed by atoms with Crippen molar-refractivity contribution in [3.63, 3.8) is 0 Å². The van der Waals surface area contributed by atoms with E-state index in [4.69, 9.17) is 14.7 Å². The van der Waals surface area contributed by atoms with Crippen LogP contribution in [0.15, 0.2) is 48.0 Å². The first-order valence-electron chi connectivity index (χ1n) is 8.22. The first kappa shape index (κ1) is 20.3. The van der Waals surface area contributed by atoms with Crippen molar-refractivity contribution in [3.05, 3.63) is 74.8 Å². The van der Waals surface area contributed by atoms with E-state index in [0.717, 1.165) is 0 Å². The number of nitriles is 1. The highest BCUT2D eigenvalue weighted by molar-refractivity contribution is 5.98. The molecule has 2 aromatic rings. The van der Waals surface area contributed by atoms with E-state index in [1.165, 1.54) is 43.3 Å². The summed E-state index contributed by atoms with van der Waals surface area (Å²) in [5.41, 5.74) is 0.340. The number of rotatable bonds is 6. The quantitative estimate of drug-likeness (QED) is 0.187. The fourth-order valence-corrected chi connectivity index (χ4v) is 2.38. The van der Waals surface area contributed by atoms with Crippen LogP contribution < -0.4 is 4.74 Å². The molecule has 8 nitrogen and oxygen atoms in total. The lowest BCUT2D eigenvalue weighted by Gasteiger charge is -2.08. The van der Waals surface area contributed by atoms with Crippen molar-refractivity contribution in [2.45, 2.75) is 13.8 Å². The van der Waals surface area contributed by atoms with Gasteiger partial charge in [-0.25, -0.2) is 9.59 Å². The van der Waals surface area contributed by atoms with E-state index in [1.807, 2.05) is 0 Å². The third-order valence-corrected chi connectivity index (χ3v) is 3.72. The number of benzene rings is 2. The van der Waals surface area contributed by atoms with E-state index in [9.17, 15) is 19.7 Å². The zero-order valence-corrected chi connectivity index (χ0v) is 15.2. The summed E-state index contributed by atoms with van der Waals surface area (Å²) in [5.74, 6) is -1.35. The molecule has 0 heterocycles. The Morgan fingerprint density at radius 1 is 1.25 bits per heavy atom. The Kier molecular flexibility index (Phi) is 6.60. The van der Waals surface area contributed by atoms with E-state index in [2.05, 4.69) is 0 Å². The Balaban J connectivity index is 2.27. The van der Waals surface area contributed by atoms with Gasteiger partial charge in [-0.3, -0.25) is 10.1 Å². The molecule has 0 aliphatic carbocycles. The lowest BCUT2D eigenvalue weighted by molar-refractivity contribution is -0.385. The summed E-state index contributed by atoms with van der Waals surface area (Å²) in [6, 6.07) is 12.1. The number of hydrogen-bond donors (Lipinski definition) is 0. The van der Waals surface area contributed by atoms with Gasteiger partial charge >= 0.3 is 11.9 Å². The van der Waals surface area contributed by atoms with E-state index >= 15 is 0 Å². The molecular weight excluding hydrogens is 364 g/mol. The summed E-state index contributed by atoms with van der Waals surface area (Å²) in [6.45, 7) is 3.23. The van der Waals surface area contributed by atoms with Crippen LogP contribution in [0.4, 0.5) is 5.69 Å². The molecule has 0 N–H and O–H groups in total. The maximum absolute atomic E-state index is 12.4. The Morgan fingerprint density at radius 3 is 2.61 bits per heavy atom. The van der Waals surface area contributed by atoms with Crippen LogP contribution in [-0.2, 0) is 9.53 Å². The third-order valence-electron chi connectivity index (χ3n) is 3.72. The molecular formula is C20H16N2O6. The first-order chi connectivity index (χ1) is 13.4. The van der Waals surface area contributed by atoms with Crippen molar-refractivity contribution in [2.75, 3.05) is 6.61 Å². The summed E-state index contributed by atoms with van der Waals surface area (Å²) in [4.78, 5) is 34.5. The molecule has 0 atom stereocenters. The highest BCUT2D eigenvalue weighted by Crippen LogP contribution is 2.23. The van der Waals surface area contributed by atoms with Crippen molar-refractivity contribution < 1.29 is 24.0 Å². The van der Waals surface area contributed by atoms with Gasteiger partial charge in [0.05, 0.1) is 17.1 Å². The normalized spacial score (nSPS) is 10.7. The van der Waals surface area contributed by atoms with Gasteiger partial charge < -0.3 is 9.47 Å². The molecule has 28 heavy (non-hydrogen) atoms. The summed E-state index contributed by atoms with van der Waals surface area (Å²) >= 11 is 0. The Bertz CT molecular complexity index is 1000. The molecule has 0 spiro atoms. The van der Waals surface area contributed by atoms with E-state index in [-0.39, 0.29) is 34.7 Å². The second-order valence-electron chi connectivity index (χ2n) is 5.56. The predicted molar refractivity (Wildman–Crippen MR) is 99.5 cm³/mol. The van der Waals surface area contributed by atoms with Crippen LogP contribution >= 0.6 is 0 Å². The summed E-state index contributed by atoms with van der Waals surface area (Å²) in [5, 5.41) is 20.1. The number of carbonyl (C=O) groups excluding carboxylic acids is 2. The Labute approximate surface area is 160 Å². The topological polar surface area (TPSA) is 120 Å². The number of esters is 2. The van der Waals surface area contributed by atoms with Gasteiger partial charge in [-0.05, 0) is 43.7 Å². The monoisotopic (exact) mass is 380 g/mol. The van der Waals surface area contributed by atoms with Gasteiger partial charge in [-0.2, -0.15) is 5.26 Å². The van der Waals surface area contributed by atoms with Gasteiger partial charge in [0.2, 0.25) is 0 Å². The van der Waals surface area contributed by atoms with Crippen molar-refractivity contribution in [1.29, 1.82) is 5.26 Å². The zero-order valence-electron chi connectivity index (χ0n) is 15.2. The highest BCUT2D eigenvalue weighted by Gasteiger charge is 2.19. The zero-order chi connectivity index (χ0) is 20.7. The van der Waals surface area contributed by atoms with Crippen LogP contribution in [0.3, 0.4) is 0 Å². The molecule has 0 saturated carbocycles. The average molecular weight is 380 g/mol. The molecule has 0 amide bonds. The number of carbonyl (C=O) groups is 2. The minimum Gasteiger partial charge on any atom is -0.462 e. The fourth-order valence-electron chi connectivity index (χ4n) is 2.38. The molecule has 0 aliphatic rings. The fraction of sp³-hybridized carbons (Fsp3) is 0.150. The largest absolute Gasteiger partial charge is 0.462 e. The van der Waals surface area contributed by atoms with Crippen molar-refractivity contribution in [2.24, 2.45) is 0 Å². The minimum absolute atomic E-state index is 0.0689. The van der Waals surface area contributed by atoms with Gasteiger partial charge in [-0.15, -0.1) is 0 Å². The van der Waals surface area contributed by atoms with Crippen molar-refractivity contribution in [3.8, 4) is 11.8 Å². The molecule has 8 heteroatoms. The van der Waals surface area contributed by atoms with Crippen LogP contribution in [0.5, 0.6) is 5.75 Å². The van der Waals surface area contributed by atoms with Crippen LogP contribution in [0.25, 0.3) is 6.08 Å². The highest BCUT2D eigenvalue weighted by atomic mass is 16.6. The van der Waals surface area contributed by atoms with E-state index < -0.39 is 16.9 Å². The smallest absolute Gasteiger partial charge is 0.348 e. The first-order valence-corrected chi connectivity index (χ1v) is 8.22. The van der Waals surface area contributed by atoms with Crippen LogP contribution in [0.2, 0.25) is 0 Å². The second kappa shape index (κ2) is 9.09. The molecule has 0 radical (unpaired) electrons. The standard InChI is InChI=1S/C20H16N2O6/c1-3-27-19(23)15(12-21)10-14-6-4-7-16(11-14)28-20(24)17-8-5-9-18(13(17)2)22(25)26/h4-11H,3H2,1-2H3/b15-10+. The van der Waals surface area contributed by atoms with Gasteiger partial charge in [-0.1, -0.05) is 18.2 Å². The molecule has 0 aliphatic heterocycles. The summed E-state index contributed by atoms with van der Waals surface area (Å²) in [7, 11) is 0. The molecule has 2 rings (SSSR count). The number of nitrogens with zero attached hydrogens (tertiary/aromatic N) is 2. The predicted octanol–water partition coefficient (Wildman–Crippen LogP) is 3.59. The summed E-state index contributed by atoms with van der Waals surface area (Å²) in [6.07, 6.45) is 1.31. The van der Waals surface area contributed by atoms with Gasteiger partial charge in [0.1, 0.15) is 17.4 Å². The Morgan fingerprint density at radius 2 is 1.96 bits per heavy atom. The van der Waals surface area contributed by atoms with E-state index in [1.54, 1.807) is 25.1 Å². The number of hydrogen-bond acceptors (Lipinski definition) is 7. The third kappa shape index (κ3) is 4.80. The summed E-state index contributed by atoms with van der Waals surface area (Å²) < 4.78 is 10.1. The molecule has 0 aromatic heterocycles. The van der Waals surface area contributed by atoms with Gasteiger partial charge in [0, 0.05) is 11.6 Å². The Hall–Kier alpha value is -3.99. The number of ether oxygens (including phenoxy) is 2. The average Bonchev–Trinajstić information content (AvgIpc) is 2.66. The van der Waals surface area contributed by atoms with Crippen LogP contribution in [-0.4, -0.2) is 23.5 Å². The maximum atomic E-state index is 12.4. The molecule has 0 bridgehead atoms.